The van der Waals surface area contributed by atoms with E-state index < -0.39 is 6.04 Å². The Hall–Kier alpha value is -2.76. The fraction of sp³-hybridized carbons (Fsp3) is 0.294. The van der Waals surface area contributed by atoms with Crippen LogP contribution < -0.4 is 10.1 Å². The van der Waals surface area contributed by atoms with Crippen LogP contribution in [0.1, 0.15) is 16.1 Å². The quantitative estimate of drug-likeness (QED) is 0.924. The first-order valence-corrected chi connectivity index (χ1v) is 7.43. The Morgan fingerprint density at radius 1 is 1.35 bits per heavy atom. The Morgan fingerprint density at radius 3 is 2.96 bits per heavy atom. The predicted octanol–water partition coefficient (Wildman–Crippen LogP) is 1.27. The standard InChI is InChI=1S/C17H19N3O3/c1-19-15(11-20-8-4-7-14(20)17(19)22)16(21)18-10-12-5-3-6-13(9-12)23-2/h3-9,15H,10-11H2,1-2H3,(H,18,21). The van der Waals surface area contributed by atoms with Gasteiger partial charge in [0.2, 0.25) is 5.91 Å². The molecule has 0 radical (unpaired) electrons. The van der Waals surface area contributed by atoms with E-state index in [2.05, 4.69) is 5.32 Å². The number of nitrogens with one attached hydrogen (secondary N) is 1. The highest BCUT2D eigenvalue weighted by Crippen LogP contribution is 2.17. The number of nitrogens with zero attached hydrogens (tertiary/aromatic N) is 2. The Kier molecular flexibility index (Phi) is 4.06. The Balaban J connectivity index is 1.68. The Morgan fingerprint density at radius 2 is 2.17 bits per heavy atom. The Labute approximate surface area is 134 Å². The van der Waals surface area contributed by atoms with Gasteiger partial charge in [-0.25, -0.2) is 0 Å². The largest absolute Gasteiger partial charge is 0.497 e. The number of hydrogen-bond donors (Lipinski definition) is 1. The summed E-state index contributed by atoms with van der Waals surface area (Å²) in [5.41, 5.74) is 1.56. The van der Waals surface area contributed by atoms with Gasteiger partial charge in [0, 0.05) is 19.8 Å². The fourth-order valence-corrected chi connectivity index (χ4v) is 2.75. The SMILES string of the molecule is COc1cccc(CNC(=O)C2Cn3cccc3C(=O)N2C)c1. The van der Waals surface area contributed by atoms with Gasteiger partial charge in [0.15, 0.2) is 0 Å². The van der Waals surface area contributed by atoms with E-state index in [4.69, 9.17) is 4.74 Å². The molecule has 1 aliphatic heterocycles. The molecular formula is C17H19N3O3. The van der Waals surface area contributed by atoms with Crippen molar-refractivity contribution in [1.82, 2.24) is 14.8 Å². The third-order valence-corrected chi connectivity index (χ3v) is 4.11. The average Bonchev–Trinajstić information content (AvgIpc) is 3.05. The van der Waals surface area contributed by atoms with Gasteiger partial charge in [0.1, 0.15) is 17.5 Å². The van der Waals surface area contributed by atoms with Crippen LogP contribution in [0.4, 0.5) is 0 Å². The monoisotopic (exact) mass is 313 g/mol. The van der Waals surface area contributed by atoms with Crippen LogP contribution in [0.5, 0.6) is 5.75 Å². The van der Waals surface area contributed by atoms with Crippen LogP contribution in [0.25, 0.3) is 0 Å². The number of carbonyl (C=O) groups excluding carboxylic acids is 2. The van der Waals surface area contributed by atoms with Crippen LogP contribution in [-0.4, -0.2) is 41.5 Å². The average molecular weight is 313 g/mol. The van der Waals surface area contributed by atoms with Crippen molar-refractivity contribution in [3.63, 3.8) is 0 Å². The normalized spacial score (nSPS) is 16.9. The summed E-state index contributed by atoms with van der Waals surface area (Å²) in [5, 5.41) is 2.89. The van der Waals surface area contributed by atoms with Crippen molar-refractivity contribution in [2.75, 3.05) is 14.2 Å². The molecule has 3 rings (SSSR count). The number of aromatic nitrogens is 1. The first-order valence-electron chi connectivity index (χ1n) is 7.43. The molecule has 6 heteroatoms. The van der Waals surface area contributed by atoms with Crippen LogP contribution in [-0.2, 0) is 17.9 Å². The van der Waals surface area contributed by atoms with Gasteiger partial charge >= 0.3 is 0 Å². The zero-order chi connectivity index (χ0) is 16.4. The number of ether oxygens (including phenoxy) is 1. The molecule has 2 aromatic rings. The van der Waals surface area contributed by atoms with Gasteiger partial charge in [-0.05, 0) is 29.8 Å². The number of benzene rings is 1. The van der Waals surface area contributed by atoms with Crippen molar-refractivity contribution >= 4 is 11.8 Å². The lowest BCUT2D eigenvalue weighted by atomic mass is 10.1. The maximum atomic E-state index is 12.5. The summed E-state index contributed by atoms with van der Waals surface area (Å²) in [7, 11) is 3.27. The summed E-state index contributed by atoms with van der Waals surface area (Å²) >= 11 is 0. The van der Waals surface area contributed by atoms with Crippen molar-refractivity contribution < 1.29 is 14.3 Å². The molecule has 120 valence electrons. The van der Waals surface area contributed by atoms with Crippen molar-refractivity contribution in [2.45, 2.75) is 19.1 Å². The van der Waals surface area contributed by atoms with Crippen LogP contribution in [0.2, 0.25) is 0 Å². The maximum absolute atomic E-state index is 12.5. The summed E-state index contributed by atoms with van der Waals surface area (Å²) in [5.74, 6) is 0.449. The summed E-state index contributed by atoms with van der Waals surface area (Å²) in [6.45, 7) is 0.863. The second-order valence-electron chi connectivity index (χ2n) is 5.55. The molecule has 1 atom stereocenters. The molecule has 1 unspecified atom stereocenters. The van der Waals surface area contributed by atoms with Crippen molar-refractivity contribution in [2.24, 2.45) is 0 Å². The molecule has 0 saturated carbocycles. The van der Waals surface area contributed by atoms with Crippen LogP contribution >= 0.6 is 0 Å². The van der Waals surface area contributed by atoms with Crippen molar-refractivity contribution in [3.05, 3.63) is 53.9 Å². The van der Waals surface area contributed by atoms with E-state index in [9.17, 15) is 9.59 Å². The van der Waals surface area contributed by atoms with Gasteiger partial charge in [-0.2, -0.15) is 0 Å². The molecule has 1 N–H and O–H groups in total. The number of hydrogen-bond acceptors (Lipinski definition) is 3. The van der Waals surface area contributed by atoms with Crippen LogP contribution in [0.15, 0.2) is 42.6 Å². The van der Waals surface area contributed by atoms with Crippen LogP contribution in [0, 0.1) is 0 Å². The summed E-state index contributed by atoms with van der Waals surface area (Å²) < 4.78 is 6.99. The first-order chi connectivity index (χ1) is 11.1. The third kappa shape index (κ3) is 2.92. The molecule has 0 bridgehead atoms. The van der Waals surface area contributed by atoms with Crippen molar-refractivity contribution in [1.29, 1.82) is 0 Å². The van der Waals surface area contributed by atoms with Gasteiger partial charge in [-0.3, -0.25) is 9.59 Å². The van der Waals surface area contributed by atoms with E-state index >= 15 is 0 Å². The van der Waals surface area contributed by atoms with Gasteiger partial charge in [-0.15, -0.1) is 0 Å². The third-order valence-electron chi connectivity index (χ3n) is 4.11. The highest BCUT2D eigenvalue weighted by Gasteiger charge is 2.33. The molecule has 0 aliphatic carbocycles. The van der Waals surface area contributed by atoms with Crippen molar-refractivity contribution in [3.8, 4) is 5.75 Å². The molecule has 2 amide bonds. The van der Waals surface area contributed by atoms with E-state index in [1.165, 1.54) is 4.90 Å². The summed E-state index contributed by atoms with van der Waals surface area (Å²) in [6.07, 6.45) is 1.82. The summed E-state index contributed by atoms with van der Waals surface area (Å²) in [4.78, 5) is 26.2. The molecule has 1 aromatic heterocycles. The number of fused-ring (bicyclic) bond motifs is 1. The van der Waals surface area contributed by atoms with Crippen LogP contribution in [0.3, 0.4) is 0 Å². The minimum Gasteiger partial charge on any atom is -0.497 e. The number of carbonyl (C=O) groups is 2. The molecule has 23 heavy (non-hydrogen) atoms. The maximum Gasteiger partial charge on any atom is 0.270 e. The molecule has 0 fully saturated rings. The van der Waals surface area contributed by atoms with E-state index in [1.807, 2.05) is 41.1 Å². The lowest BCUT2D eigenvalue weighted by Gasteiger charge is -2.32. The molecule has 2 heterocycles. The lowest BCUT2D eigenvalue weighted by molar-refractivity contribution is -0.126. The molecule has 1 aromatic carbocycles. The second kappa shape index (κ2) is 6.16. The number of likely N-dealkylation sites (N-methyl/N-ethyl adjacent to an activating group) is 1. The van der Waals surface area contributed by atoms with Gasteiger partial charge in [-0.1, -0.05) is 12.1 Å². The minimum atomic E-state index is -0.506. The van der Waals surface area contributed by atoms with E-state index in [0.717, 1.165) is 11.3 Å². The highest BCUT2D eigenvalue weighted by molar-refractivity contribution is 5.97. The molecule has 0 saturated heterocycles. The number of amides is 2. The topological polar surface area (TPSA) is 63.6 Å². The molecular weight excluding hydrogens is 294 g/mol. The zero-order valence-corrected chi connectivity index (χ0v) is 13.2. The van der Waals surface area contributed by atoms with E-state index in [0.29, 0.717) is 18.8 Å². The fourth-order valence-electron chi connectivity index (χ4n) is 2.75. The molecule has 0 spiro atoms. The molecule has 6 nitrogen and oxygen atoms in total. The zero-order valence-electron chi connectivity index (χ0n) is 13.2. The van der Waals surface area contributed by atoms with E-state index in [1.54, 1.807) is 20.2 Å². The smallest absolute Gasteiger partial charge is 0.270 e. The molecule has 1 aliphatic rings. The highest BCUT2D eigenvalue weighted by atomic mass is 16.5. The van der Waals surface area contributed by atoms with E-state index in [-0.39, 0.29) is 11.8 Å². The first kappa shape index (κ1) is 15.1. The van der Waals surface area contributed by atoms with Gasteiger partial charge in [0.05, 0.1) is 13.7 Å². The van der Waals surface area contributed by atoms with Gasteiger partial charge < -0.3 is 19.5 Å². The number of rotatable bonds is 4. The van der Waals surface area contributed by atoms with Gasteiger partial charge in [0.25, 0.3) is 5.91 Å². The minimum absolute atomic E-state index is 0.136. The predicted molar refractivity (Wildman–Crippen MR) is 85.2 cm³/mol. The summed E-state index contributed by atoms with van der Waals surface area (Å²) in [6, 6.07) is 10.6. The second-order valence-corrected chi connectivity index (χ2v) is 5.55. The Bertz CT molecular complexity index is 738. The number of methoxy groups -OCH3 is 1. The lowest BCUT2D eigenvalue weighted by Crippen LogP contribution is -2.53.